The Morgan fingerprint density at radius 1 is 1.37 bits per heavy atom. The van der Waals surface area contributed by atoms with Gasteiger partial charge < -0.3 is 10.9 Å². The summed E-state index contributed by atoms with van der Waals surface area (Å²) in [5, 5.41) is 12.7. The average Bonchev–Trinajstić information content (AvgIpc) is 2.43. The summed E-state index contributed by atoms with van der Waals surface area (Å²) < 4.78 is 0. The molecule has 0 aliphatic carbocycles. The number of oxime groups is 1. The molecule has 0 unspecified atom stereocenters. The van der Waals surface area contributed by atoms with E-state index in [1.54, 1.807) is 0 Å². The Balaban J connectivity index is 1.92. The Hall–Kier alpha value is -1.26. The third-order valence-corrected chi connectivity index (χ3v) is 4.26. The van der Waals surface area contributed by atoms with Gasteiger partial charge in [-0.25, -0.2) is 0 Å². The van der Waals surface area contributed by atoms with Crippen molar-refractivity contribution in [3.8, 4) is 0 Å². The van der Waals surface area contributed by atoms with Gasteiger partial charge >= 0.3 is 0 Å². The maximum atomic E-state index is 8.82. The molecule has 0 saturated carbocycles. The van der Waals surface area contributed by atoms with Gasteiger partial charge in [0, 0.05) is 17.0 Å². The van der Waals surface area contributed by atoms with Crippen LogP contribution in [0.5, 0.6) is 0 Å². The summed E-state index contributed by atoms with van der Waals surface area (Å²) in [6.45, 7) is 4.88. The first kappa shape index (κ1) is 14.2. The van der Waals surface area contributed by atoms with Crippen molar-refractivity contribution in [2.24, 2.45) is 16.3 Å². The van der Waals surface area contributed by atoms with E-state index in [4.69, 9.17) is 22.5 Å². The van der Waals surface area contributed by atoms with E-state index < -0.39 is 0 Å². The standard InChI is InChI=1S/C14H20ClN3O/c1-14(13(16)17-19)6-8-18(9-7-14)10-11-2-4-12(15)5-3-11/h2-5,19H,6-10H2,1H3,(H2,16,17). The first-order chi connectivity index (χ1) is 9.03. The third kappa shape index (κ3) is 3.39. The highest BCUT2D eigenvalue weighted by molar-refractivity contribution is 6.30. The molecule has 2 rings (SSSR count). The largest absolute Gasteiger partial charge is 0.409 e. The lowest BCUT2D eigenvalue weighted by molar-refractivity contribution is 0.153. The Kier molecular flexibility index (Phi) is 4.32. The maximum Gasteiger partial charge on any atom is 0.145 e. The van der Waals surface area contributed by atoms with Gasteiger partial charge in [-0.2, -0.15) is 0 Å². The van der Waals surface area contributed by atoms with E-state index in [9.17, 15) is 0 Å². The molecule has 1 aliphatic heterocycles. The van der Waals surface area contributed by atoms with E-state index in [2.05, 4.69) is 29.1 Å². The predicted octanol–water partition coefficient (Wildman–Crippen LogP) is 2.69. The summed E-state index contributed by atoms with van der Waals surface area (Å²) in [6.07, 6.45) is 1.83. The molecular weight excluding hydrogens is 262 g/mol. The van der Waals surface area contributed by atoms with Crippen LogP contribution in [0.4, 0.5) is 0 Å². The predicted molar refractivity (Wildman–Crippen MR) is 77.5 cm³/mol. The van der Waals surface area contributed by atoms with Crippen molar-refractivity contribution < 1.29 is 5.21 Å². The average molecular weight is 282 g/mol. The van der Waals surface area contributed by atoms with Gasteiger partial charge in [0.15, 0.2) is 0 Å². The molecule has 0 bridgehead atoms. The molecule has 1 aromatic carbocycles. The normalized spacial score (nSPS) is 20.4. The fourth-order valence-electron chi connectivity index (χ4n) is 2.43. The van der Waals surface area contributed by atoms with Crippen molar-refractivity contribution in [1.29, 1.82) is 0 Å². The van der Waals surface area contributed by atoms with Crippen LogP contribution in [0.1, 0.15) is 25.3 Å². The van der Waals surface area contributed by atoms with Gasteiger partial charge in [-0.05, 0) is 43.6 Å². The van der Waals surface area contributed by atoms with Crippen LogP contribution in [-0.4, -0.2) is 29.0 Å². The summed E-state index contributed by atoms with van der Waals surface area (Å²) in [5.41, 5.74) is 6.85. The fourth-order valence-corrected chi connectivity index (χ4v) is 2.56. The molecule has 0 aromatic heterocycles. The van der Waals surface area contributed by atoms with Gasteiger partial charge in [-0.3, -0.25) is 4.90 Å². The van der Waals surface area contributed by atoms with Crippen molar-refractivity contribution in [2.75, 3.05) is 13.1 Å². The summed E-state index contributed by atoms with van der Waals surface area (Å²) in [6, 6.07) is 7.95. The van der Waals surface area contributed by atoms with Crippen LogP contribution < -0.4 is 5.73 Å². The number of hydrogen-bond acceptors (Lipinski definition) is 3. The molecule has 104 valence electrons. The minimum atomic E-state index is -0.175. The van der Waals surface area contributed by atoms with Gasteiger partial charge in [0.05, 0.1) is 0 Å². The Morgan fingerprint density at radius 2 is 1.95 bits per heavy atom. The number of amidine groups is 1. The maximum absolute atomic E-state index is 8.82. The zero-order valence-corrected chi connectivity index (χ0v) is 11.9. The lowest BCUT2D eigenvalue weighted by atomic mass is 9.79. The zero-order valence-electron chi connectivity index (χ0n) is 11.1. The summed E-state index contributed by atoms with van der Waals surface area (Å²) in [4.78, 5) is 2.38. The topological polar surface area (TPSA) is 61.9 Å². The Bertz CT molecular complexity index is 450. The third-order valence-electron chi connectivity index (χ3n) is 4.01. The molecule has 0 spiro atoms. The number of nitrogens with zero attached hydrogens (tertiary/aromatic N) is 2. The molecule has 5 heteroatoms. The highest BCUT2D eigenvalue weighted by atomic mass is 35.5. The number of hydrogen-bond donors (Lipinski definition) is 2. The summed E-state index contributed by atoms with van der Waals surface area (Å²) in [7, 11) is 0. The molecule has 4 nitrogen and oxygen atoms in total. The number of rotatable bonds is 3. The Labute approximate surface area is 118 Å². The minimum absolute atomic E-state index is 0.175. The molecular formula is C14H20ClN3O. The van der Waals surface area contributed by atoms with Crippen molar-refractivity contribution in [3.63, 3.8) is 0 Å². The fraction of sp³-hybridized carbons (Fsp3) is 0.500. The highest BCUT2D eigenvalue weighted by Crippen LogP contribution is 2.31. The van der Waals surface area contributed by atoms with E-state index >= 15 is 0 Å². The van der Waals surface area contributed by atoms with E-state index in [-0.39, 0.29) is 5.41 Å². The van der Waals surface area contributed by atoms with Crippen molar-refractivity contribution in [1.82, 2.24) is 4.90 Å². The second kappa shape index (κ2) is 5.80. The van der Waals surface area contributed by atoms with Crippen molar-refractivity contribution in [3.05, 3.63) is 34.9 Å². The lowest BCUT2D eigenvalue weighted by Gasteiger charge is -2.38. The smallest absolute Gasteiger partial charge is 0.145 e. The zero-order chi connectivity index (χ0) is 13.9. The van der Waals surface area contributed by atoms with Gasteiger partial charge in [0.25, 0.3) is 0 Å². The minimum Gasteiger partial charge on any atom is -0.409 e. The van der Waals surface area contributed by atoms with E-state index in [0.29, 0.717) is 5.84 Å². The van der Waals surface area contributed by atoms with Crippen LogP contribution in [0.2, 0.25) is 5.02 Å². The van der Waals surface area contributed by atoms with Crippen LogP contribution in [-0.2, 0) is 6.54 Å². The number of benzene rings is 1. The molecule has 0 amide bonds. The second-order valence-electron chi connectivity index (χ2n) is 5.45. The first-order valence-electron chi connectivity index (χ1n) is 6.48. The molecule has 0 radical (unpaired) electrons. The van der Waals surface area contributed by atoms with Crippen LogP contribution in [0.3, 0.4) is 0 Å². The highest BCUT2D eigenvalue weighted by Gasteiger charge is 2.34. The quantitative estimate of drug-likeness (QED) is 0.388. The number of likely N-dealkylation sites (tertiary alicyclic amines) is 1. The van der Waals surface area contributed by atoms with Crippen LogP contribution in [0.25, 0.3) is 0 Å². The Morgan fingerprint density at radius 3 is 2.47 bits per heavy atom. The molecule has 19 heavy (non-hydrogen) atoms. The van der Waals surface area contributed by atoms with E-state index in [1.165, 1.54) is 5.56 Å². The van der Waals surface area contributed by atoms with Crippen molar-refractivity contribution in [2.45, 2.75) is 26.3 Å². The van der Waals surface area contributed by atoms with E-state index in [0.717, 1.165) is 37.5 Å². The van der Waals surface area contributed by atoms with Gasteiger partial charge in [0.1, 0.15) is 5.84 Å². The molecule has 1 fully saturated rings. The molecule has 0 atom stereocenters. The second-order valence-corrected chi connectivity index (χ2v) is 5.88. The lowest BCUT2D eigenvalue weighted by Crippen LogP contribution is -2.45. The van der Waals surface area contributed by atoms with Gasteiger partial charge in [0.2, 0.25) is 0 Å². The monoisotopic (exact) mass is 281 g/mol. The number of nitrogens with two attached hydrogens (primary N) is 1. The number of halogens is 1. The van der Waals surface area contributed by atoms with Crippen LogP contribution >= 0.6 is 11.6 Å². The summed E-state index contributed by atoms with van der Waals surface area (Å²) in [5.74, 6) is 0.346. The van der Waals surface area contributed by atoms with Gasteiger partial charge in [-0.1, -0.05) is 35.8 Å². The van der Waals surface area contributed by atoms with Crippen LogP contribution in [0.15, 0.2) is 29.4 Å². The molecule has 1 aliphatic rings. The van der Waals surface area contributed by atoms with Crippen LogP contribution in [0, 0.1) is 5.41 Å². The number of piperidine rings is 1. The SMILES string of the molecule is CC1(/C(N)=N/O)CCN(Cc2ccc(Cl)cc2)CC1. The van der Waals surface area contributed by atoms with Gasteiger partial charge in [-0.15, -0.1) is 0 Å². The molecule has 1 heterocycles. The molecule has 1 saturated heterocycles. The van der Waals surface area contributed by atoms with Crippen molar-refractivity contribution >= 4 is 17.4 Å². The van der Waals surface area contributed by atoms with E-state index in [1.807, 2.05) is 12.1 Å². The summed E-state index contributed by atoms with van der Waals surface area (Å²) >= 11 is 5.88. The molecule has 3 N–H and O–H groups in total. The molecule has 1 aromatic rings. The first-order valence-corrected chi connectivity index (χ1v) is 6.86.